The van der Waals surface area contributed by atoms with E-state index in [0.717, 1.165) is 21.5 Å². The van der Waals surface area contributed by atoms with Gasteiger partial charge in [-0.3, -0.25) is 14.9 Å². The highest BCUT2D eigenvalue weighted by Gasteiger charge is 2.23. The lowest BCUT2D eigenvalue weighted by molar-refractivity contribution is -0.384. The molecule has 9 heteroatoms. The Kier molecular flexibility index (Phi) is 5.92. The van der Waals surface area contributed by atoms with Crippen molar-refractivity contribution in [2.45, 2.75) is 6.92 Å². The Hall–Kier alpha value is -4.24. The molecule has 0 unspecified atom stereocenters. The quantitative estimate of drug-likeness (QED) is 0.318. The summed E-state index contributed by atoms with van der Waals surface area (Å²) in [6.45, 7) is 4.30. The van der Waals surface area contributed by atoms with Gasteiger partial charge in [0.1, 0.15) is 11.4 Å². The summed E-state index contributed by atoms with van der Waals surface area (Å²) in [5.41, 5.74) is 2.33. The summed E-state index contributed by atoms with van der Waals surface area (Å²) in [4.78, 5) is 27.3. The largest absolute Gasteiger partial charge is 0.497 e. The molecule has 5 rings (SSSR count). The molecular weight excluding hydrogens is 448 g/mol. The number of rotatable bonds is 5. The maximum Gasteiger partial charge on any atom is 0.295 e. The second-order valence-electron chi connectivity index (χ2n) is 8.32. The average molecular weight is 473 g/mol. The highest BCUT2D eigenvalue weighted by atomic mass is 16.6. The molecule has 2 heterocycles. The van der Waals surface area contributed by atoms with Crippen molar-refractivity contribution in [2.24, 2.45) is 0 Å². The first-order chi connectivity index (χ1) is 17.0. The molecule has 0 aliphatic carbocycles. The zero-order valence-electron chi connectivity index (χ0n) is 19.4. The number of ether oxygens (including phenoxy) is 2. The van der Waals surface area contributed by atoms with Crippen LogP contribution in [0.2, 0.25) is 0 Å². The van der Waals surface area contributed by atoms with E-state index in [0.29, 0.717) is 48.5 Å². The normalized spacial score (nSPS) is 13.7. The molecule has 0 spiro atoms. The number of anilines is 1. The molecule has 0 atom stereocenters. The smallest absolute Gasteiger partial charge is 0.295 e. The number of nitro groups is 1. The SMILES string of the molecule is COc1cccc(-c2nn(-c3cc(N4CCOCC4)ccc3[N+](=O)[O-])c(=O)c3c(C)cccc23)c1. The first-order valence-electron chi connectivity index (χ1n) is 11.3. The van der Waals surface area contributed by atoms with E-state index in [1.165, 1.54) is 6.07 Å². The molecule has 1 aliphatic heterocycles. The minimum Gasteiger partial charge on any atom is -0.497 e. The van der Waals surface area contributed by atoms with Crippen molar-refractivity contribution in [3.8, 4) is 22.7 Å². The van der Waals surface area contributed by atoms with Gasteiger partial charge in [0.05, 0.1) is 36.3 Å². The van der Waals surface area contributed by atoms with Crippen molar-refractivity contribution in [1.82, 2.24) is 9.78 Å². The van der Waals surface area contributed by atoms with Gasteiger partial charge in [0.25, 0.3) is 11.2 Å². The molecule has 0 radical (unpaired) electrons. The number of hydrogen-bond donors (Lipinski definition) is 0. The van der Waals surface area contributed by atoms with Crippen LogP contribution in [-0.2, 0) is 4.74 Å². The molecule has 0 saturated carbocycles. The average Bonchev–Trinajstić information content (AvgIpc) is 2.89. The number of morpholine rings is 1. The van der Waals surface area contributed by atoms with E-state index in [9.17, 15) is 14.9 Å². The molecule has 1 saturated heterocycles. The van der Waals surface area contributed by atoms with Crippen molar-refractivity contribution < 1.29 is 14.4 Å². The van der Waals surface area contributed by atoms with Gasteiger partial charge in [-0.25, -0.2) is 0 Å². The van der Waals surface area contributed by atoms with E-state index in [4.69, 9.17) is 9.47 Å². The molecule has 3 aromatic carbocycles. The molecule has 0 amide bonds. The van der Waals surface area contributed by atoms with Crippen molar-refractivity contribution in [3.05, 3.63) is 86.7 Å². The predicted octanol–water partition coefficient (Wildman–Crippen LogP) is 4.11. The lowest BCUT2D eigenvalue weighted by atomic mass is 10.0. The molecule has 178 valence electrons. The Morgan fingerprint density at radius 1 is 1.06 bits per heavy atom. The van der Waals surface area contributed by atoms with E-state index in [-0.39, 0.29) is 11.4 Å². The lowest BCUT2D eigenvalue weighted by Crippen LogP contribution is -2.36. The van der Waals surface area contributed by atoms with Crippen molar-refractivity contribution in [1.29, 1.82) is 0 Å². The summed E-state index contributed by atoms with van der Waals surface area (Å²) in [6.07, 6.45) is 0. The molecule has 1 aliphatic rings. The van der Waals surface area contributed by atoms with Gasteiger partial charge in [-0.15, -0.1) is 0 Å². The molecule has 0 bridgehead atoms. The first kappa shape index (κ1) is 22.5. The van der Waals surface area contributed by atoms with E-state index < -0.39 is 10.5 Å². The molecule has 0 N–H and O–H groups in total. The van der Waals surface area contributed by atoms with Crippen LogP contribution in [0.25, 0.3) is 27.7 Å². The maximum atomic E-state index is 13.7. The first-order valence-corrected chi connectivity index (χ1v) is 11.3. The Morgan fingerprint density at radius 3 is 2.57 bits per heavy atom. The van der Waals surface area contributed by atoms with Crippen LogP contribution in [0.3, 0.4) is 0 Å². The van der Waals surface area contributed by atoms with E-state index in [2.05, 4.69) is 10.00 Å². The Morgan fingerprint density at radius 2 is 1.83 bits per heavy atom. The monoisotopic (exact) mass is 472 g/mol. The van der Waals surface area contributed by atoms with Crippen LogP contribution in [0.4, 0.5) is 11.4 Å². The predicted molar refractivity (Wildman–Crippen MR) is 134 cm³/mol. The van der Waals surface area contributed by atoms with Gasteiger partial charge in [0.2, 0.25) is 0 Å². The Balaban J connectivity index is 1.81. The van der Waals surface area contributed by atoms with Crippen LogP contribution in [0.5, 0.6) is 5.75 Å². The molecule has 9 nitrogen and oxygen atoms in total. The van der Waals surface area contributed by atoms with Crippen LogP contribution in [0, 0.1) is 17.0 Å². The summed E-state index contributed by atoms with van der Waals surface area (Å²) in [7, 11) is 1.58. The fourth-order valence-corrected chi connectivity index (χ4v) is 4.46. The molecule has 1 fully saturated rings. The molecule has 1 aromatic heterocycles. The summed E-state index contributed by atoms with van der Waals surface area (Å²) in [5.74, 6) is 0.642. The number of nitrogens with zero attached hydrogens (tertiary/aromatic N) is 4. The van der Waals surface area contributed by atoms with Crippen LogP contribution in [0.1, 0.15) is 5.56 Å². The number of hydrogen-bond acceptors (Lipinski definition) is 7. The second-order valence-corrected chi connectivity index (χ2v) is 8.32. The van der Waals surface area contributed by atoms with Gasteiger partial charge >= 0.3 is 0 Å². The number of fused-ring (bicyclic) bond motifs is 1. The van der Waals surface area contributed by atoms with Crippen LogP contribution in [-0.4, -0.2) is 48.1 Å². The molecule has 35 heavy (non-hydrogen) atoms. The zero-order valence-corrected chi connectivity index (χ0v) is 19.4. The van der Waals surface area contributed by atoms with Crippen LogP contribution in [0.15, 0.2) is 65.5 Å². The number of benzene rings is 3. The van der Waals surface area contributed by atoms with E-state index in [1.807, 2.05) is 49.4 Å². The topological polar surface area (TPSA) is 99.7 Å². The Bertz CT molecular complexity index is 1490. The van der Waals surface area contributed by atoms with Crippen LogP contribution >= 0.6 is 0 Å². The van der Waals surface area contributed by atoms with Gasteiger partial charge in [-0.2, -0.15) is 9.78 Å². The number of aryl methyl sites for hydroxylation is 1. The van der Waals surface area contributed by atoms with Crippen molar-refractivity contribution in [3.63, 3.8) is 0 Å². The number of aromatic nitrogens is 2. The highest BCUT2D eigenvalue weighted by Crippen LogP contribution is 2.32. The fourth-order valence-electron chi connectivity index (χ4n) is 4.46. The Labute approximate surface area is 201 Å². The summed E-state index contributed by atoms with van der Waals surface area (Å²) in [5, 5.41) is 17.8. The molecule has 4 aromatic rings. The number of methoxy groups -OCH3 is 1. The van der Waals surface area contributed by atoms with Gasteiger partial charge in [-0.1, -0.05) is 30.3 Å². The third kappa shape index (κ3) is 4.10. The third-order valence-electron chi connectivity index (χ3n) is 6.24. The second kappa shape index (κ2) is 9.19. The van der Waals surface area contributed by atoms with Gasteiger partial charge < -0.3 is 14.4 Å². The zero-order chi connectivity index (χ0) is 24.5. The minimum absolute atomic E-state index is 0.123. The lowest BCUT2D eigenvalue weighted by Gasteiger charge is -2.29. The van der Waals surface area contributed by atoms with Crippen LogP contribution < -0.4 is 15.2 Å². The van der Waals surface area contributed by atoms with Gasteiger partial charge in [-0.05, 0) is 36.8 Å². The molecular formula is C26H24N4O5. The van der Waals surface area contributed by atoms with Crippen molar-refractivity contribution in [2.75, 3.05) is 38.3 Å². The minimum atomic E-state index is -0.486. The van der Waals surface area contributed by atoms with E-state index in [1.54, 1.807) is 19.2 Å². The van der Waals surface area contributed by atoms with E-state index >= 15 is 0 Å². The highest BCUT2D eigenvalue weighted by molar-refractivity contribution is 5.96. The fraction of sp³-hybridized carbons (Fsp3) is 0.231. The van der Waals surface area contributed by atoms with Gasteiger partial charge in [0, 0.05) is 35.8 Å². The summed E-state index contributed by atoms with van der Waals surface area (Å²) >= 11 is 0. The number of nitro benzene ring substituents is 1. The van der Waals surface area contributed by atoms with Gasteiger partial charge in [0.15, 0.2) is 0 Å². The standard InChI is InChI=1S/C26H24N4O5/c1-17-5-3-8-21-24(17)26(31)29(27-25(21)18-6-4-7-20(15-18)34-2)23-16-19(9-10-22(23)30(32)33)28-11-13-35-14-12-28/h3-10,15-16H,11-14H2,1-2H3. The van der Waals surface area contributed by atoms with Crippen molar-refractivity contribution >= 4 is 22.1 Å². The third-order valence-corrected chi connectivity index (χ3v) is 6.24. The summed E-state index contributed by atoms with van der Waals surface area (Å²) in [6, 6.07) is 17.7. The summed E-state index contributed by atoms with van der Waals surface area (Å²) < 4.78 is 12.0. The maximum absolute atomic E-state index is 13.7.